The number of carbonyl (C=O) groups is 1. The molecule has 15 heavy (non-hydrogen) atoms. The molecule has 84 valence electrons. The van der Waals surface area contributed by atoms with Gasteiger partial charge in [-0.2, -0.15) is 0 Å². The highest BCUT2D eigenvalue weighted by atomic mass is 16.4. The molecule has 0 spiro atoms. The molecule has 0 atom stereocenters. The molecule has 0 aliphatic rings. The van der Waals surface area contributed by atoms with E-state index in [9.17, 15) is 4.79 Å². The van der Waals surface area contributed by atoms with Crippen LogP contribution in [0.2, 0.25) is 0 Å². The zero-order valence-corrected chi connectivity index (χ0v) is 9.53. The second kappa shape index (κ2) is 4.96. The van der Waals surface area contributed by atoms with Crippen molar-refractivity contribution in [2.24, 2.45) is 5.92 Å². The van der Waals surface area contributed by atoms with Gasteiger partial charge in [-0.3, -0.25) is 0 Å². The first-order valence-corrected chi connectivity index (χ1v) is 5.35. The lowest BCUT2D eigenvalue weighted by atomic mass is 10.0. The van der Waals surface area contributed by atoms with Gasteiger partial charge in [0, 0.05) is 6.54 Å². The van der Waals surface area contributed by atoms with Gasteiger partial charge in [-0.25, -0.2) is 9.78 Å². The Bertz CT molecular complexity index is 340. The van der Waals surface area contributed by atoms with Gasteiger partial charge in [0.05, 0.1) is 6.20 Å². The van der Waals surface area contributed by atoms with Crippen LogP contribution in [0.1, 0.15) is 43.0 Å². The maximum Gasteiger partial charge on any atom is 0.354 e. The third-order valence-corrected chi connectivity index (χ3v) is 2.87. The van der Waals surface area contributed by atoms with E-state index in [4.69, 9.17) is 5.11 Å². The van der Waals surface area contributed by atoms with Crippen molar-refractivity contribution in [2.45, 2.75) is 40.2 Å². The highest BCUT2D eigenvalue weighted by Gasteiger charge is 2.15. The quantitative estimate of drug-likeness (QED) is 0.811. The van der Waals surface area contributed by atoms with Gasteiger partial charge in [0.2, 0.25) is 0 Å². The summed E-state index contributed by atoms with van der Waals surface area (Å²) in [5, 5.41) is 8.98. The van der Waals surface area contributed by atoms with E-state index in [1.165, 1.54) is 6.20 Å². The molecule has 1 rings (SSSR count). The van der Waals surface area contributed by atoms with E-state index >= 15 is 0 Å². The largest absolute Gasteiger partial charge is 0.477 e. The van der Waals surface area contributed by atoms with E-state index in [1.807, 2.05) is 6.92 Å². The third kappa shape index (κ3) is 2.58. The van der Waals surface area contributed by atoms with Crippen LogP contribution in [-0.4, -0.2) is 20.6 Å². The van der Waals surface area contributed by atoms with Crippen LogP contribution in [0, 0.1) is 12.8 Å². The predicted molar refractivity (Wildman–Crippen MR) is 58.0 cm³/mol. The maximum atomic E-state index is 10.9. The van der Waals surface area contributed by atoms with E-state index in [2.05, 4.69) is 18.8 Å². The van der Waals surface area contributed by atoms with Gasteiger partial charge < -0.3 is 9.67 Å². The van der Waals surface area contributed by atoms with Crippen molar-refractivity contribution >= 4 is 5.97 Å². The maximum absolute atomic E-state index is 10.9. The average molecular weight is 210 g/mol. The Morgan fingerprint density at radius 2 is 2.13 bits per heavy atom. The molecule has 0 radical (unpaired) electrons. The molecule has 4 nitrogen and oxygen atoms in total. The van der Waals surface area contributed by atoms with Crippen LogP contribution < -0.4 is 0 Å². The number of aryl methyl sites for hydroxylation is 1. The van der Waals surface area contributed by atoms with Crippen LogP contribution in [0.5, 0.6) is 0 Å². The summed E-state index contributed by atoms with van der Waals surface area (Å²) in [6.07, 6.45) is 3.56. The minimum atomic E-state index is -0.901. The fourth-order valence-electron chi connectivity index (χ4n) is 1.67. The molecule has 0 aliphatic heterocycles. The molecule has 0 aromatic carbocycles. The second-order valence-electron chi connectivity index (χ2n) is 3.79. The molecule has 0 bridgehead atoms. The van der Waals surface area contributed by atoms with E-state index < -0.39 is 5.97 Å². The second-order valence-corrected chi connectivity index (χ2v) is 3.79. The summed E-state index contributed by atoms with van der Waals surface area (Å²) in [7, 11) is 0. The minimum absolute atomic E-state index is 0.291. The number of carboxylic acids is 1. The third-order valence-electron chi connectivity index (χ3n) is 2.87. The van der Waals surface area contributed by atoms with Crippen LogP contribution >= 0.6 is 0 Å². The Morgan fingerprint density at radius 1 is 1.53 bits per heavy atom. The predicted octanol–water partition coefficient (Wildman–Crippen LogP) is 2.33. The molecule has 1 N–H and O–H groups in total. The van der Waals surface area contributed by atoms with Gasteiger partial charge in [0.25, 0.3) is 0 Å². The fraction of sp³-hybridized carbons (Fsp3) is 0.636. The summed E-state index contributed by atoms with van der Waals surface area (Å²) in [5.41, 5.74) is 0.291. The summed E-state index contributed by atoms with van der Waals surface area (Å²) >= 11 is 0. The van der Waals surface area contributed by atoms with Crippen molar-refractivity contribution in [2.75, 3.05) is 0 Å². The molecule has 1 aromatic rings. The normalized spacial score (nSPS) is 10.9. The van der Waals surface area contributed by atoms with Crippen molar-refractivity contribution in [3.05, 3.63) is 17.7 Å². The molecule has 0 saturated heterocycles. The Hall–Kier alpha value is -1.32. The number of aromatic carboxylic acids is 1. The monoisotopic (exact) mass is 210 g/mol. The highest BCUT2D eigenvalue weighted by molar-refractivity contribution is 5.85. The molecule has 1 heterocycles. The van der Waals surface area contributed by atoms with Crippen LogP contribution in [0.25, 0.3) is 0 Å². The number of nitrogens with zero attached hydrogens (tertiary/aromatic N) is 2. The minimum Gasteiger partial charge on any atom is -0.477 e. The summed E-state index contributed by atoms with van der Waals surface area (Å²) < 4.78 is 1.79. The Kier molecular flexibility index (Phi) is 3.88. The Labute approximate surface area is 89.9 Å². The lowest BCUT2D eigenvalue weighted by molar-refractivity contribution is 0.0683. The molecule has 0 unspecified atom stereocenters. The topological polar surface area (TPSA) is 55.1 Å². The fourth-order valence-corrected chi connectivity index (χ4v) is 1.67. The summed E-state index contributed by atoms with van der Waals surface area (Å²) in [4.78, 5) is 15.0. The molecule has 0 fully saturated rings. The Balaban J connectivity index is 2.91. The van der Waals surface area contributed by atoms with Crippen molar-refractivity contribution in [3.63, 3.8) is 0 Å². The highest BCUT2D eigenvalue weighted by Crippen LogP contribution is 2.14. The van der Waals surface area contributed by atoms with Gasteiger partial charge in [-0.1, -0.05) is 26.7 Å². The number of imidazole rings is 1. The van der Waals surface area contributed by atoms with E-state index in [0.717, 1.165) is 25.2 Å². The number of hydrogen-bond acceptors (Lipinski definition) is 2. The summed E-state index contributed by atoms with van der Waals surface area (Å²) in [6.45, 7) is 6.84. The van der Waals surface area contributed by atoms with E-state index in [1.54, 1.807) is 4.57 Å². The molecule has 1 aromatic heterocycles. The van der Waals surface area contributed by atoms with Crippen molar-refractivity contribution < 1.29 is 9.90 Å². The Morgan fingerprint density at radius 3 is 2.60 bits per heavy atom. The zero-order chi connectivity index (χ0) is 11.4. The lowest BCUT2D eigenvalue weighted by Gasteiger charge is -2.15. The molecular formula is C11H18N2O2. The van der Waals surface area contributed by atoms with Crippen LogP contribution in [0.3, 0.4) is 0 Å². The van der Waals surface area contributed by atoms with Crippen LogP contribution in [0.4, 0.5) is 0 Å². The standard InChI is InChI=1S/C11H18N2O2/c1-4-9(5-2)7-13-8(3)12-6-10(13)11(14)15/h6,9H,4-5,7H2,1-3H3,(H,14,15). The first-order chi connectivity index (χ1) is 7.10. The number of aromatic nitrogens is 2. The zero-order valence-electron chi connectivity index (χ0n) is 9.53. The van der Waals surface area contributed by atoms with Gasteiger partial charge >= 0.3 is 5.97 Å². The van der Waals surface area contributed by atoms with Gasteiger partial charge in [0.15, 0.2) is 0 Å². The summed E-state index contributed by atoms with van der Waals surface area (Å²) in [5.74, 6) is 0.400. The average Bonchev–Trinajstić information content (AvgIpc) is 2.56. The first-order valence-electron chi connectivity index (χ1n) is 5.35. The molecule has 4 heteroatoms. The summed E-state index contributed by atoms with van der Waals surface area (Å²) in [6, 6.07) is 0. The number of hydrogen-bond donors (Lipinski definition) is 1. The van der Waals surface area contributed by atoms with Crippen molar-refractivity contribution in [1.29, 1.82) is 0 Å². The smallest absolute Gasteiger partial charge is 0.354 e. The lowest BCUT2D eigenvalue weighted by Crippen LogP contribution is -2.15. The molecule has 0 amide bonds. The van der Waals surface area contributed by atoms with Crippen molar-refractivity contribution in [3.8, 4) is 0 Å². The van der Waals surface area contributed by atoms with E-state index in [-0.39, 0.29) is 0 Å². The van der Waals surface area contributed by atoms with Gasteiger partial charge in [-0.15, -0.1) is 0 Å². The van der Waals surface area contributed by atoms with Crippen LogP contribution in [0.15, 0.2) is 6.20 Å². The van der Waals surface area contributed by atoms with Gasteiger partial charge in [-0.05, 0) is 12.8 Å². The number of rotatable bonds is 5. The molecule has 0 saturated carbocycles. The molecular weight excluding hydrogens is 192 g/mol. The molecule has 0 aliphatic carbocycles. The SMILES string of the molecule is CCC(CC)Cn1c(C(=O)O)cnc1C. The van der Waals surface area contributed by atoms with Gasteiger partial charge in [0.1, 0.15) is 11.5 Å². The van der Waals surface area contributed by atoms with E-state index in [0.29, 0.717) is 11.6 Å². The first kappa shape index (κ1) is 11.8. The van der Waals surface area contributed by atoms with Crippen molar-refractivity contribution in [1.82, 2.24) is 9.55 Å². The van der Waals surface area contributed by atoms with Crippen LogP contribution in [-0.2, 0) is 6.54 Å². The number of carboxylic acid groups (broad SMARTS) is 1.